The minimum atomic E-state index is -3.47. The van der Waals surface area contributed by atoms with Gasteiger partial charge in [0.15, 0.2) is 6.10 Å². The van der Waals surface area contributed by atoms with Gasteiger partial charge in [0, 0.05) is 6.04 Å². The summed E-state index contributed by atoms with van der Waals surface area (Å²) in [4.78, 5) is 12.4. The van der Waals surface area contributed by atoms with Crippen LogP contribution in [0.3, 0.4) is 0 Å². The van der Waals surface area contributed by atoms with E-state index in [-0.39, 0.29) is 30.2 Å². The number of hydrogen-bond acceptors (Lipinski definition) is 4. The van der Waals surface area contributed by atoms with Crippen LogP contribution in [0.1, 0.15) is 27.7 Å². The van der Waals surface area contributed by atoms with E-state index < -0.39 is 16.1 Å². The third-order valence-corrected chi connectivity index (χ3v) is 5.84. The molecule has 1 amide bonds. The molecule has 2 atom stereocenters. The SMILES string of the molecule is CCS(=O)(=O)N1C[C@@H](C(=O)N[C@@H](C)C(C)C)Oc2ccccc21. The molecule has 0 radical (unpaired) electrons. The molecule has 0 saturated heterocycles. The molecule has 2 rings (SSSR count). The van der Waals surface area contributed by atoms with Gasteiger partial charge in [0.2, 0.25) is 10.0 Å². The molecular weight excluding hydrogens is 316 g/mol. The number of hydrogen-bond donors (Lipinski definition) is 1. The highest BCUT2D eigenvalue weighted by Gasteiger charge is 2.36. The molecule has 128 valence electrons. The van der Waals surface area contributed by atoms with Gasteiger partial charge < -0.3 is 10.1 Å². The minimum absolute atomic E-state index is 0.0101. The summed E-state index contributed by atoms with van der Waals surface area (Å²) in [6.07, 6.45) is -0.854. The topological polar surface area (TPSA) is 75.7 Å². The van der Waals surface area contributed by atoms with Crippen LogP contribution in [0.25, 0.3) is 0 Å². The largest absolute Gasteiger partial charge is 0.476 e. The molecule has 6 nitrogen and oxygen atoms in total. The lowest BCUT2D eigenvalue weighted by molar-refractivity contribution is -0.128. The zero-order chi connectivity index (χ0) is 17.2. The molecule has 1 aromatic rings. The molecule has 1 aliphatic rings. The van der Waals surface area contributed by atoms with Gasteiger partial charge in [-0.3, -0.25) is 9.10 Å². The van der Waals surface area contributed by atoms with E-state index in [0.29, 0.717) is 11.4 Å². The van der Waals surface area contributed by atoms with Crippen molar-refractivity contribution >= 4 is 21.6 Å². The zero-order valence-corrected chi connectivity index (χ0v) is 14.8. The first-order valence-electron chi connectivity index (χ1n) is 7.82. The van der Waals surface area contributed by atoms with Crippen LogP contribution in [0.15, 0.2) is 24.3 Å². The standard InChI is InChI=1S/C16H24N2O4S/c1-5-23(20,21)18-10-15(16(19)17-12(4)11(2)3)22-14-9-7-6-8-13(14)18/h6-9,11-12,15H,5,10H2,1-4H3,(H,17,19)/t12-,15-/m0/s1. The van der Waals surface area contributed by atoms with E-state index in [4.69, 9.17) is 4.74 Å². The van der Waals surface area contributed by atoms with Crippen LogP contribution in [0, 0.1) is 5.92 Å². The summed E-state index contributed by atoms with van der Waals surface area (Å²) in [5, 5.41) is 2.88. The lowest BCUT2D eigenvalue weighted by Gasteiger charge is -2.35. The number of carbonyl (C=O) groups is 1. The molecule has 1 aromatic carbocycles. The number of nitrogens with zero attached hydrogens (tertiary/aromatic N) is 1. The van der Waals surface area contributed by atoms with Gasteiger partial charge in [-0.15, -0.1) is 0 Å². The van der Waals surface area contributed by atoms with Crippen LogP contribution >= 0.6 is 0 Å². The van der Waals surface area contributed by atoms with Crippen LogP contribution in [-0.4, -0.2) is 38.8 Å². The quantitative estimate of drug-likeness (QED) is 0.886. The van der Waals surface area contributed by atoms with Gasteiger partial charge in [0.05, 0.1) is 18.0 Å². The number of fused-ring (bicyclic) bond motifs is 1. The molecule has 0 fully saturated rings. The van der Waals surface area contributed by atoms with E-state index in [1.807, 2.05) is 20.8 Å². The van der Waals surface area contributed by atoms with E-state index >= 15 is 0 Å². The molecule has 0 aromatic heterocycles. The first-order chi connectivity index (χ1) is 10.8. The molecule has 0 bridgehead atoms. The number of rotatable bonds is 5. The number of benzene rings is 1. The Bertz CT molecular complexity index is 672. The monoisotopic (exact) mass is 340 g/mol. The molecular formula is C16H24N2O4S. The fourth-order valence-electron chi connectivity index (χ4n) is 2.24. The maximum Gasteiger partial charge on any atom is 0.263 e. The zero-order valence-electron chi connectivity index (χ0n) is 13.9. The maximum absolute atomic E-state index is 12.4. The predicted molar refractivity (Wildman–Crippen MR) is 90.1 cm³/mol. The predicted octanol–water partition coefficient (Wildman–Crippen LogP) is 1.76. The van der Waals surface area contributed by atoms with Crippen molar-refractivity contribution in [3.8, 4) is 5.75 Å². The second-order valence-electron chi connectivity index (χ2n) is 6.05. The van der Waals surface area contributed by atoms with Gasteiger partial charge in [-0.1, -0.05) is 26.0 Å². The van der Waals surface area contributed by atoms with Crippen molar-refractivity contribution in [2.75, 3.05) is 16.6 Å². The lowest BCUT2D eigenvalue weighted by atomic mass is 10.1. The summed E-state index contributed by atoms with van der Waals surface area (Å²) in [6.45, 7) is 7.51. The Morgan fingerprint density at radius 3 is 2.61 bits per heavy atom. The van der Waals surface area contributed by atoms with E-state index in [2.05, 4.69) is 5.32 Å². The fourth-order valence-corrected chi connectivity index (χ4v) is 3.37. The number of anilines is 1. The van der Waals surface area contributed by atoms with Crippen LogP contribution in [-0.2, 0) is 14.8 Å². The van der Waals surface area contributed by atoms with E-state index in [1.54, 1.807) is 31.2 Å². The third-order valence-electron chi connectivity index (χ3n) is 4.10. The van der Waals surface area contributed by atoms with Crippen molar-refractivity contribution in [1.29, 1.82) is 0 Å². The van der Waals surface area contributed by atoms with Gasteiger partial charge in [-0.25, -0.2) is 8.42 Å². The van der Waals surface area contributed by atoms with Crippen molar-refractivity contribution in [3.63, 3.8) is 0 Å². The van der Waals surface area contributed by atoms with Crippen LogP contribution in [0.2, 0.25) is 0 Å². The second kappa shape index (κ2) is 6.78. The Morgan fingerprint density at radius 1 is 1.35 bits per heavy atom. The molecule has 0 unspecified atom stereocenters. The number of para-hydroxylation sites is 2. The Labute approximate surface area is 137 Å². The smallest absolute Gasteiger partial charge is 0.263 e. The summed E-state index contributed by atoms with van der Waals surface area (Å²) >= 11 is 0. The van der Waals surface area contributed by atoms with Crippen molar-refractivity contribution in [3.05, 3.63) is 24.3 Å². The second-order valence-corrected chi connectivity index (χ2v) is 8.23. The number of carbonyl (C=O) groups excluding carboxylic acids is 1. The Morgan fingerprint density at radius 2 is 2.00 bits per heavy atom. The molecule has 7 heteroatoms. The molecule has 1 aliphatic heterocycles. The minimum Gasteiger partial charge on any atom is -0.476 e. The summed E-state index contributed by atoms with van der Waals surface area (Å²) in [7, 11) is -3.47. The van der Waals surface area contributed by atoms with Gasteiger partial charge in [-0.2, -0.15) is 0 Å². The number of nitrogens with one attached hydrogen (secondary N) is 1. The Balaban J connectivity index is 2.28. The van der Waals surface area contributed by atoms with Gasteiger partial charge in [-0.05, 0) is 31.9 Å². The molecule has 23 heavy (non-hydrogen) atoms. The van der Waals surface area contributed by atoms with Crippen molar-refractivity contribution in [2.45, 2.75) is 39.8 Å². The van der Waals surface area contributed by atoms with Crippen LogP contribution < -0.4 is 14.4 Å². The molecule has 1 heterocycles. The average Bonchev–Trinajstić information content (AvgIpc) is 2.53. The highest BCUT2D eigenvalue weighted by Crippen LogP contribution is 2.35. The average molecular weight is 340 g/mol. The summed E-state index contributed by atoms with van der Waals surface area (Å²) in [5.41, 5.74) is 0.482. The number of amides is 1. The van der Waals surface area contributed by atoms with Crippen molar-refractivity contribution in [1.82, 2.24) is 5.32 Å². The number of sulfonamides is 1. The lowest BCUT2D eigenvalue weighted by Crippen LogP contribution is -2.53. The first-order valence-corrected chi connectivity index (χ1v) is 9.43. The van der Waals surface area contributed by atoms with Gasteiger partial charge >= 0.3 is 0 Å². The third kappa shape index (κ3) is 3.77. The first kappa shape index (κ1) is 17.6. The Hall–Kier alpha value is -1.76. The summed E-state index contributed by atoms with van der Waals surface area (Å²) in [6, 6.07) is 6.86. The van der Waals surface area contributed by atoms with E-state index in [0.717, 1.165) is 0 Å². The van der Waals surface area contributed by atoms with Gasteiger partial charge in [0.25, 0.3) is 5.91 Å². The molecule has 0 aliphatic carbocycles. The fraction of sp³-hybridized carbons (Fsp3) is 0.562. The summed E-state index contributed by atoms with van der Waals surface area (Å²) < 4.78 is 31.7. The maximum atomic E-state index is 12.4. The van der Waals surface area contributed by atoms with Crippen molar-refractivity contribution in [2.24, 2.45) is 5.92 Å². The van der Waals surface area contributed by atoms with E-state index in [9.17, 15) is 13.2 Å². The highest BCUT2D eigenvalue weighted by molar-refractivity contribution is 7.92. The van der Waals surface area contributed by atoms with Gasteiger partial charge in [0.1, 0.15) is 5.75 Å². The van der Waals surface area contributed by atoms with Crippen molar-refractivity contribution < 1.29 is 17.9 Å². The molecule has 0 saturated carbocycles. The van der Waals surface area contributed by atoms with Crippen LogP contribution in [0.4, 0.5) is 5.69 Å². The normalized spacial score (nSPS) is 19.0. The Kier molecular flexibility index (Phi) is 5.19. The molecule has 0 spiro atoms. The summed E-state index contributed by atoms with van der Waals surface area (Å²) in [5.74, 6) is 0.369. The highest BCUT2D eigenvalue weighted by atomic mass is 32.2. The van der Waals surface area contributed by atoms with E-state index in [1.165, 1.54) is 4.31 Å². The molecule has 1 N–H and O–H groups in total. The van der Waals surface area contributed by atoms with Crippen LogP contribution in [0.5, 0.6) is 5.75 Å². The number of ether oxygens (including phenoxy) is 1.